The maximum absolute atomic E-state index is 12.0. The average Bonchev–Trinajstić information content (AvgIpc) is 2.71. The van der Waals surface area contributed by atoms with Crippen molar-refractivity contribution in [3.63, 3.8) is 0 Å². The second-order valence-electron chi connectivity index (χ2n) is 6.50. The monoisotopic (exact) mass is 407 g/mol. The summed E-state index contributed by atoms with van der Waals surface area (Å²) in [6.07, 6.45) is 2.39. The van der Waals surface area contributed by atoms with Crippen LogP contribution >= 0.6 is 0 Å². The van der Waals surface area contributed by atoms with Gasteiger partial charge in [-0.1, -0.05) is 29.8 Å². The van der Waals surface area contributed by atoms with Crippen LogP contribution in [-0.4, -0.2) is 18.7 Å². The molecule has 7 heteroatoms. The van der Waals surface area contributed by atoms with Crippen LogP contribution in [0.5, 0.6) is 0 Å². The van der Waals surface area contributed by atoms with Gasteiger partial charge >= 0.3 is 17.7 Å². The Balaban J connectivity index is 1.72. The largest absolute Gasteiger partial charge is 0.458 e. The highest BCUT2D eigenvalue weighted by Crippen LogP contribution is 2.22. The van der Waals surface area contributed by atoms with Crippen LogP contribution in [0.4, 0.5) is 10.5 Å². The van der Waals surface area contributed by atoms with Gasteiger partial charge in [0, 0.05) is 34.8 Å². The summed E-state index contributed by atoms with van der Waals surface area (Å²) in [4.78, 5) is 35.5. The van der Waals surface area contributed by atoms with Gasteiger partial charge in [-0.15, -0.1) is 0 Å². The highest BCUT2D eigenvalue weighted by atomic mass is 16.5. The zero-order valence-electron chi connectivity index (χ0n) is 16.6. The van der Waals surface area contributed by atoms with Gasteiger partial charge in [0.25, 0.3) is 0 Å². The van der Waals surface area contributed by atoms with Crippen molar-refractivity contribution in [2.24, 2.45) is 0 Å². The molecule has 0 radical (unpaired) electrons. The zero-order chi connectivity index (χ0) is 21.5. The van der Waals surface area contributed by atoms with Gasteiger partial charge in [-0.2, -0.15) is 0 Å². The molecule has 154 valence electrons. The molecule has 1 N–H and O–H groups in total. The van der Waals surface area contributed by atoms with Crippen molar-refractivity contribution < 1.29 is 23.5 Å². The first-order valence-corrected chi connectivity index (χ1v) is 9.36. The van der Waals surface area contributed by atoms with Crippen LogP contribution in [0.2, 0.25) is 0 Å². The number of hydrogen-bond donors (Lipinski definition) is 1. The highest BCUT2D eigenvalue weighted by Gasteiger charge is 2.10. The first-order valence-electron chi connectivity index (χ1n) is 9.36. The molecule has 0 aliphatic carbocycles. The Morgan fingerprint density at radius 3 is 2.57 bits per heavy atom. The molecule has 2 aromatic carbocycles. The lowest BCUT2D eigenvalue weighted by Gasteiger charge is -2.08. The van der Waals surface area contributed by atoms with Crippen molar-refractivity contribution in [2.45, 2.75) is 20.5 Å². The molecule has 0 spiro atoms. The Kier molecular flexibility index (Phi) is 6.64. The SMILES string of the molecule is CCOC(=O)Nc1ccc2c(COC(=O)/C=C/c3ccc(C)cc3)cc(=O)oc2c1. The van der Waals surface area contributed by atoms with E-state index in [0.717, 1.165) is 11.1 Å². The molecule has 30 heavy (non-hydrogen) atoms. The van der Waals surface area contributed by atoms with Crippen LogP contribution in [0.25, 0.3) is 17.0 Å². The van der Waals surface area contributed by atoms with E-state index in [9.17, 15) is 14.4 Å². The van der Waals surface area contributed by atoms with E-state index in [2.05, 4.69) is 5.32 Å². The Hall–Kier alpha value is -3.87. The number of hydrogen-bond acceptors (Lipinski definition) is 6. The standard InChI is InChI=1S/C23H21NO6/c1-3-28-23(27)24-18-9-10-19-17(12-22(26)30-20(19)13-18)14-29-21(25)11-8-16-6-4-15(2)5-7-16/h4-13H,3,14H2,1-2H3,(H,24,27)/b11-8+. The molecule has 7 nitrogen and oxygen atoms in total. The fourth-order valence-corrected chi connectivity index (χ4v) is 2.75. The lowest BCUT2D eigenvalue weighted by molar-refractivity contribution is -0.138. The molecule has 1 heterocycles. The predicted molar refractivity (Wildman–Crippen MR) is 113 cm³/mol. The van der Waals surface area contributed by atoms with Gasteiger partial charge in [-0.05, 0) is 37.6 Å². The summed E-state index contributed by atoms with van der Waals surface area (Å²) >= 11 is 0. The summed E-state index contributed by atoms with van der Waals surface area (Å²) in [5.41, 5.74) is 2.60. The van der Waals surface area contributed by atoms with Crippen LogP contribution in [0.3, 0.4) is 0 Å². The quantitative estimate of drug-likeness (QED) is 0.369. The number of anilines is 1. The molecule has 0 atom stereocenters. The molecule has 1 amide bonds. The number of ether oxygens (including phenoxy) is 2. The molecule has 3 aromatic rings. The summed E-state index contributed by atoms with van der Waals surface area (Å²) in [6, 6.07) is 13.8. The van der Waals surface area contributed by atoms with E-state index in [0.29, 0.717) is 16.6 Å². The Morgan fingerprint density at radius 1 is 1.07 bits per heavy atom. The van der Waals surface area contributed by atoms with Crippen molar-refractivity contribution in [3.8, 4) is 0 Å². The van der Waals surface area contributed by atoms with Gasteiger partial charge in [0.1, 0.15) is 12.2 Å². The van der Waals surface area contributed by atoms with Gasteiger partial charge in [-0.25, -0.2) is 14.4 Å². The second kappa shape index (κ2) is 9.56. The van der Waals surface area contributed by atoms with E-state index < -0.39 is 17.7 Å². The van der Waals surface area contributed by atoms with Gasteiger partial charge in [0.15, 0.2) is 0 Å². The van der Waals surface area contributed by atoms with Crippen molar-refractivity contribution >= 4 is 34.8 Å². The number of carbonyl (C=O) groups is 2. The predicted octanol–water partition coefficient (Wildman–Crippen LogP) is 4.43. The highest BCUT2D eigenvalue weighted by molar-refractivity contribution is 5.90. The van der Waals surface area contributed by atoms with Crippen molar-refractivity contribution in [3.05, 3.63) is 81.7 Å². The smallest absolute Gasteiger partial charge is 0.411 e. The van der Waals surface area contributed by atoms with Gasteiger partial charge in [-0.3, -0.25) is 5.32 Å². The minimum Gasteiger partial charge on any atom is -0.458 e. The summed E-state index contributed by atoms with van der Waals surface area (Å²) in [5.74, 6) is -0.530. The van der Waals surface area contributed by atoms with E-state index in [1.54, 1.807) is 25.1 Å². The summed E-state index contributed by atoms with van der Waals surface area (Å²) in [6.45, 7) is 3.83. The van der Waals surface area contributed by atoms with Crippen molar-refractivity contribution in [2.75, 3.05) is 11.9 Å². The maximum Gasteiger partial charge on any atom is 0.411 e. The second-order valence-corrected chi connectivity index (χ2v) is 6.50. The number of fused-ring (bicyclic) bond motifs is 1. The molecule has 0 saturated heterocycles. The van der Waals surface area contributed by atoms with E-state index in [1.807, 2.05) is 31.2 Å². The summed E-state index contributed by atoms with van der Waals surface area (Å²) in [7, 11) is 0. The van der Waals surface area contributed by atoms with E-state index in [4.69, 9.17) is 13.9 Å². The summed E-state index contributed by atoms with van der Waals surface area (Å²) < 4.78 is 15.3. The van der Waals surface area contributed by atoms with Crippen LogP contribution in [0.15, 0.2) is 63.8 Å². The normalized spacial score (nSPS) is 10.9. The van der Waals surface area contributed by atoms with Gasteiger partial charge in [0.05, 0.1) is 6.61 Å². The molecule has 0 aliphatic rings. The molecule has 1 aromatic heterocycles. The number of amides is 1. The van der Waals surface area contributed by atoms with E-state index in [-0.39, 0.29) is 18.8 Å². The first-order chi connectivity index (χ1) is 14.4. The van der Waals surface area contributed by atoms with Crippen LogP contribution < -0.4 is 10.9 Å². The fourth-order valence-electron chi connectivity index (χ4n) is 2.75. The third kappa shape index (κ3) is 5.57. The van der Waals surface area contributed by atoms with Crippen LogP contribution in [-0.2, 0) is 20.9 Å². The number of carbonyl (C=O) groups excluding carboxylic acids is 2. The molecule has 0 aliphatic heterocycles. The van der Waals surface area contributed by atoms with E-state index >= 15 is 0 Å². The maximum atomic E-state index is 12.0. The number of rotatable bonds is 6. The third-order valence-corrected chi connectivity index (χ3v) is 4.21. The van der Waals surface area contributed by atoms with Gasteiger partial charge in [0.2, 0.25) is 0 Å². The fraction of sp³-hybridized carbons (Fsp3) is 0.174. The van der Waals surface area contributed by atoms with Crippen LogP contribution in [0.1, 0.15) is 23.6 Å². The lowest BCUT2D eigenvalue weighted by Crippen LogP contribution is -2.13. The first kappa shape index (κ1) is 20.9. The molecule has 3 rings (SSSR count). The lowest BCUT2D eigenvalue weighted by atomic mass is 10.1. The molecular weight excluding hydrogens is 386 g/mol. The summed E-state index contributed by atoms with van der Waals surface area (Å²) in [5, 5.41) is 3.14. The number of benzene rings is 2. The average molecular weight is 407 g/mol. The topological polar surface area (TPSA) is 94.8 Å². The molecular formula is C23H21NO6. The number of nitrogens with one attached hydrogen (secondary N) is 1. The minimum atomic E-state index is -0.607. The van der Waals surface area contributed by atoms with E-state index in [1.165, 1.54) is 18.2 Å². The molecule has 0 unspecified atom stereocenters. The van der Waals surface area contributed by atoms with Gasteiger partial charge < -0.3 is 13.9 Å². The molecule has 0 fully saturated rings. The minimum absolute atomic E-state index is 0.0934. The van der Waals surface area contributed by atoms with Crippen molar-refractivity contribution in [1.29, 1.82) is 0 Å². The van der Waals surface area contributed by atoms with Crippen LogP contribution in [0, 0.1) is 6.92 Å². The Bertz CT molecular complexity index is 1140. The molecule has 0 bridgehead atoms. The number of esters is 1. The zero-order valence-corrected chi connectivity index (χ0v) is 16.6. The third-order valence-electron chi connectivity index (χ3n) is 4.21. The Morgan fingerprint density at radius 2 is 1.83 bits per heavy atom. The number of aryl methyl sites for hydroxylation is 1. The Labute approximate surface area is 172 Å². The van der Waals surface area contributed by atoms with Crippen molar-refractivity contribution in [1.82, 2.24) is 0 Å². The molecule has 0 saturated carbocycles.